The lowest BCUT2D eigenvalue weighted by Crippen LogP contribution is -2.41. The number of carbonyl (C=O) groups is 1. The van der Waals surface area contributed by atoms with Gasteiger partial charge >= 0.3 is 0 Å². The summed E-state index contributed by atoms with van der Waals surface area (Å²) in [6.07, 6.45) is 2.55. The first-order valence-electron chi connectivity index (χ1n) is 10.8. The summed E-state index contributed by atoms with van der Waals surface area (Å²) in [5, 5.41) is 6.92. The zero-order valence-electron chi connectivity index (χ0n) is 17.6. The Balaban J connectivity index is 1.43. The molecular formula is C24H30N4O2. The van der Waals surface area contributed by atoms with Gasteiger partial charge in [0.15, 0.2) is 5.96 Å². The Morgan fingerprint density at radius 3 is 2.90 bits per heavy atom. The maximum Gasteiger partial charge on any atom is 0.222 e. The minimum Gasteiger partial charge on any atom is -0.493 e. The molecule has 6 nitrogen and oxygen atoms in total. The van der Waals surface area contributed by atoms with E-state index in [1.807, 2.05) is 23.1 Å². The number of amides is 1. The second kappa shape index (κ2) is 9.65. The summed E-state index contributed by atoms with van der Waals surface area (Å²) in [7, 11) is 0. The number of guanidine groups is 1. The van der Waals surface area contributed by atoms with Crippen molar-refractivity contribution in [3.63, 3.8) is 0 Å². The van der Waals surface area contributed by atoms with Crippen LogP contribution in [0.4, 0.5) is 0 Å². The average molecular weight is 407 g/mol. The lowest BCUT2D eigenvalue weighted by Gasteiger charge is -2.28. The van der Waals surface area contributed by atoms with Crippen LogP contribution in [-0.4, -0.2) is 36.5 Å². The number of aliphatic imine (C=N–C) groups is 1. The molecule has 4 rings (SSSR count). The number of fused-ring (bicyclic) bond motifs is 1. The number of nitrogens with zero attached hydrogens (tertiary/aromatic N) is 2. The van der Waals surface area contributed by atoms with Gasteiger partial charge in [0.25, 0.3) is 0 Å². The number of likely N-dealkylation sites (tertiary alicyclic amines) is 1. The maximum absolute atomic E-state index is 11.9. The molecule has 2 aromatic carbocycles. The minimum absolute atomic E-state index is 0.181. The topological polar surface area (TPSA) is 66.0 Å². The number of hydrogen-bond donors (Lipinski definition) is 2. The third-order valence-electron chi connectivity index (χ3n) is 5.57. The van der Waals surface area contributed by atoms with Crippen LogP contribution in [0.3, 0.4) is 0 Å². The van der Waals surface area contributed by atoms with Crippen molar-refractivity contribution in [3.05, 3.63) is 65.2 Å². The zero-order chi connectivity index (χ0) is 20.8. The van der Waals surface area contributed by atoms with Gasteiger partial charge in [0.2, 0.25) is 5.91 Å². The molecule has 2 N–H and O–H groups in total. The highest BCUT2D eigenvalue weighted by Crippen LogP contribution is 2.31. The molecule has 2 aliphatic rings. The van der Waals surface area contributed by atoms with Crippen LogP contribution in [0.15, 0.2) is 53.5 Å². The zero-order valence-corrected chi connectivity index (χ0v) is 17.6. The third-order valence-corrected chi connectivity index (χ3v) is 5.57. The first-order valence-corrected chi connectivity index (χ1v) is 10.8. The van der Waals surface area contributed by atoms with Gasteiger partial charge in [-0.25, -0.2) is 4.99 Å². The van der Waals surface area contributed by atoms with Crippen LogP contribution >= 0.6 is 0 Å². The van der Waals surface area contributed by atoms with Crippen LogP contribution in [0.25, 0.3) is 0 Å². The summed E-state index contributed by atoms with van der Waals surface area (Å²) in [5.41, 5.74) is 3.48. The van der Waals surface area contributed by atoms with Gasteiger partial charge in [0.05, 0.1) is 19.2 Å². The Bertz CT molecular complexity index is 912. The number of ether oxygens (including phenoxy) is 1. The molecule has 1 fully saturated rings. The summed E-state index contributed by atoms with van der Waals surface area (Å²) in [6, 6.07) is 16.7. The van der Waals surface area contributed by atoms with Crippen molar-refractivity contribution >= 4 is 11.9 Å². The Kier molecular flexibility index (Phi) is 6.52. The fraction of sp³-hybridized carbons (Fsp3) is 0.417. The van der Waals surface area contributed by atoms with Crippen LogP contribution in [0, 0.1) is 0 Å². The maximum atomic E-state index is 11.9. The Morgan fingerprint density at radius 1 is 1.20 bits per heavy atom. The summed E-state index contributed by atoms with van der Waals surface area (Å²) in [4.78, 5) is 18.7. The molecule has 2 heterocycles. The normalized spacial score (nSPS) is 18.7. The molecule has 0 saturated carbocycles. The minimum atomic E-state index is 0.181. The fourth-order valence-corrected chi connectivity index (χ4v) is 4.07. The summed E-state index contributed by atoms with van der Waals surface area (Å²) in [6.45, 7) is 5.71. The molecule has 1 saturated heterocycles. The van der Waals surface area contributed by atoms with E-state index in [1.165, 1.54) is 5.56 Å². The average Bonchev–Trinajstić information content (AvgIpc) is 3.17. The van der Waals surface area contributed by atoms with Gasteiger partial charge in [-0.15, -0.1) is 0 Å². The van der Waals surface area contributed by atoms with Crippen LogP contribution < -0.4 is 15.4 Å². The van der Waals surface area contributed by atoms with Crippen molar-refractivity contribution in [1.82, 2.24) is 15.5 Å². The molecule has 1 amide bonds. The lowest BCUT2D eigenvalue weighted by molar-refractivity contribution is -0.128. The van der Waals surface area contributed by atoms with E-state index >= 15 is 0 Å². The quantitative estimate of drug-likeness (QED) is 0.570. The first-order chi connectivity index (χ1) is 14.7. The largest absolute Gasteiger partial charge is 0.493 e. The van der Waals surface area contributed by atoms with E-state index in [1.54, 1.807) is 0 Å². The standard InChI is InChI=1S/C24H30N4O2/c1-2-25-24(27-21-12-14-30-22-10-4-3-9-20(21)22)26-16-18-7-5-8-19(15-18)17-28-13-6-11-23(28)29/h3-5,7-10,15,21H,2,6,11-14,16-17H2,1H3,(H2,25,26,27). The van der Waals surface area contributed by atoms with Gasteiger partial charge in [-0.3, -0.25) is 4.79 Å². The number of rotatable bonds is 6. The summed E-state index contributed by atoms with van der Waals surface area (Å²) >= 11 is 0. The molecule has 0 spiro atoms. The molecule has 0 bridgehead atoms. The van der Waals surface area contributed by atoms with Crippen molar-refractivity contribution in [2.75, 3.05) is 19.7 Å². The van der Waals surface area contributed by atoms with E-state index < -0.39 is 0 Å². The highest BCUT2D eigenvalue weighted by atomic mass is 16.5. The highest BCUT2D eigenvalue weighted by Gasteiger charge is 2.22. The molecule has 0 radical (unpaired) electrons. The smallest absolute Gasteiger partial charge is 0.222 e. The van der Waals surface area contributed by atoms with Gasteiger partial charge in [-0.05, 0) is 30.5 Å². The highest BCUT2D eigenvalue weighted by molar-refractivity contribution is 5.80. The second-order valence-electron chi connectivity index (χ2n) is 7.81. The Morgan fingerprint density at radius 2 is 2.07 bits per heavy atom. The van der Waals surface area contributed by atoms with Gasteiger partial charge in [0.1, 0.15) is 5.75 Å². The lowest BCUT2D eigenvalue weighted by atomic mass is 10.0. The van der Waals surface area contributed by atoms with E-state index in [9.17, 15) is 4.79 Å². The molecule has 1 unspecified atom stereocenters. The molecule has 6 heteroatoms. The van der Waals surface area contributed by atoms with Crippen molar-refractivity contribution in [2.24, 2.45) is 4.99 Å². The predicted molar refractivity (Wildman–Crippen MR) is 118 cm³/mol. The number of nitrogens with one attached hydrogen (secondary N) is 2. The fourth-order valence-electron chi connectivity index (χ4n) is 4.07. The first kappa shape index (κ1) is 20.3. The van der Waals surface area contributed by atoms with Crippen LogP contribution in [0.2, 0.25) is 0 Å². The van der Waals surface area contributed by atoms with Gasteiger partial charge < -0.3 is 20.3 Å². The molecule has 0 aromatic heterocycles. The number of para-hydroxylation sites is 1. The van der Waals surface area contributed by atoms with E-state index in [4.69, 9.17) is 9.73 Å². The van der Waals surface area contributed by atoms with Crippen LogP contribution in [0.1, 0.15) is 48.9 Å². The van der Waals surface area contributed by atoms with Crippen molar-refractivity contribution in [2.45, 2.75) is 45.3 Å². The van der Waals surface area contributed by atoms with Crippen LogP contribution in [-0.2, 0) is 17.9 Å². The number of hydrogen-bond acceptors (Lipinski definition) is 3. The van der Waals surface area contributed by atoms with E-state index in [0.29, 0.717) is 26.1 Å². The van der Waals surface area contributed by atoms with E-state index in [0.717, 1.165) is 48.8 Å². The third kappa shape index (κ3) is 4.93. The van der Waals surface area contributed by atoms with Gasteiger partial charge in [-0.1, -0.05) is 42.5 Å². The van der Waals surface area contributed by atoms with Crippen molar-refractivity contribution < 1.29 is 9.53 Å². The number of carbonyl (C=O) groups excluding carboxylic acids is 1. The Hall–Kier alpha value is -3.02. The van der Waals surface area contributed by atoms with Crippen molar-refractivity contribution in [3.8, 4) is 5.75 Å². The number of benzene rings is 2. The van der Waals surface area contributed by atoms with Crippen LogP contribution in [0.5, 0.6) is 5.75 Å². The molecule has 2 aromatic rings. The van der Waals surface area contributed by atoms with E-state index in [-0.39, 0.29) is 11.9 Å². The second-order valence-corrected chi connectivity index (χ2v) is 7.81. The molecule has 30 heavy (non-hydrogen) atoms. The van der Waals surface area contributed by atoms with Gasteiger partial charge in [0, 0.05) is 38.0 Å². The summed E-state index contributed by atoms with van der Waals surface area (Å²) in [5.74, 6) is 2.01. The molecule has 158 valence electrons. The summed E-state index contributed by atoms with van der Waals surface area (Å²) < 4.78 is 5.77. The predicted octanol–water partition coefficient (Wildman–Crippen LogP) is 3.39. The van der Waals surface area contributed by atoms with E-state index in [2.05, 4.69) is 47.9 Å². The molecule has 1 atom stereocenters. The molecule has 0 aliphatic carbocycles. The Labute approximate surface area is 178 Å². The van der Waals surface area contributed by atoms with Gasteiger partial charge in [-0.2, -0.15) is 0 Å². The SMILES string of the molecule is CCNC(=NCc1cccc(CN2CCCC2=O)c1)NC1CCOc2ccccc21. The molecule has 2 aliphatic heterocycles. The van der Waals surface area contributed by atoms with Crippen molar-refractivity contribution in [1.29, 1.82) is 0 Å². The monoisotopic (exact) mass is 406 g/mol. The molecular weight excluding hydrogens is 376 g/mol.